The van der Waals surface area contributed by atoms with Gasteiger partial charge in [-0.1, -0.05) is 0 Å². The quantitative estimate of drug-likeness (QED) is 0.675. The fraction of sp³-hybridized carbons (Fsp3) is 0.938. The maximum atomic E-state index is 11.6. The second kappa shape index (κ2) is 4.56. The Morgan fingerprint density at radius 2 is 1.68 bits per heavy atom. The summed E-state index contributed by atoms with van der Waals surface area (Å²) in [4.78, 5) is 11.6. The van der Waals surface area contributed by atoms with E-state index >= 15 is 0 Å². The minimum absolute atomic E-state index is 0.224. The molecule has 19 heavy (non-hydrogen) atoms. The Balaban J connectivity index is 1.49. The third kappa shape index (κ3) is 2.06. The van der Waals surface area contributed by atoms with E-state index in [9.17, 15) is 4.79 Å². The van der Waals surface area contributed by atoms with Gasteiger partial charge in [-0.3, -0.25) is 4.79 Å². The summed E-state index contributed by atoms with van der Waals surface area (Å²) in [6, 6.07) is 0. The monoisotopic (exact) mass is 264 g/mol. The summed E-state index contributed by atoms with van der Waals surface area (Å²) >= 11 is 0. The summed E-state index contributed by atoms with van der Waals surface area (Å²) in [5.41, 5.74) is 0. The lowest BCUT2D eigenvalue weighted by atomic mass is 9.57. The first kappa shape index (κ1) is 12.3. The highest BCUT2D eigenvalue weighted by Crippen LogP contribution is 2.54. The minimum Gasteiger partial charge on any atom is -0.348 e. The second-order valence-corrected chi connectivity index (χ2v) is 7.06. The van der Waals surface area contributed by atoms with Crippen LogP contribution in [0.3, 0.4) is 0 Å². The molecule has 3 nitrogen and oxygen atoms in total. The van der Waals surface area contributed by atoms with Gasteiger partial charge in [0.1, 0.15) is 5.78 Å². The fourth-order valence-electron chi connectivity index (χ4n) is 5.33. The molecule has 3 heteroatoms. The second-order valence-electron chi connectivity index (χ2n) is 7.06. The van der Waals surface area contributed by atoms with E-state index in [1.54, 1.807) is 0 Å². The van der Waals surface area contributed by atoms with Crippen molar-refractivity contribution in [3.63, 3.8) is 0 Å². The van der Waals surface area contributed by atoms with Crippen LogP contribution in [0.15, 0.2) is 0 Å². The van der Waals surface area contributed by atoms with Crippen LogP contribution in [0, 0.1) is 23.7 Å². The predicted molar refractivity (Wildman–Crippen MR) is 70.5 cm³/mol. The molecule has 1 heterocycles. The van der Waals surface area contributed by atoms with Crippen LogP contribution < -0.4 is 0 Å². The standard InChI is InChI=1S/C16H24O3/c17-13-3-4-14-11(9-13)1-2-12-10-16(6-5-15(12)14)18-7-8-19-16/h11-12,14-15H,1-10H2. The Bertz CT molecular complexity index is 372. The van der Waals surface area contributed by atoms with Gasteiger partial charge in [0, 0.05) is 25.7 Å². The van der Waals surface area contributed by atoms with Crippen molar-refractivity contribution < 1.29 is 14.3 Å². The number of carbonyl (C=O) groups is 1. The lowest BCUT2D eigenvalue weighted by molar-refractivity contribution is -0.205. The molecule has 106 valence electrons. The first-order valence-electron chi connectivity index (χ1n) is 8.05. The van der Waals surface area contributed by atoms with Gasteiger partial charge < -0.3 is 9.47 Å². The van der Waals surface area contributed by atoms with Gasteiger partial charge in [-0.15, -0.1) is 0 Å². The molecule has 0 N–H and O–H groups in total. The molecule has 4 atom stereocenters. The predicted octanol–water partition coefficient (Wildman–Crippen LogP) is 2.93. The first-order valence-corrected chi connectivity index (χ1v) is 8.05. The average molecular weight is 264 g/mol. The minimum atomic E-state index is -0.224. The molecule has 3 saturated carbocycles. The zero-order valence-corrected chi connectivity index (χ0v) is 11.6. The molecule has 0 aromatic heterocycles. The average Bonchev–Trinajstić information content (AvgIpc) is 2.86. The van der Waals surface area contributed by atoms with Crippen molar-refractivity contribution in [2.45, 2.75) is 57.2 Å². The number of fused-ring (bicyclic) bond motifs is 3. The van der Waals surface area contributed by atoms with E-state index < -0.39 is 0 Å². The molecule has 0 bridgehead atoms. The van der Waals surface area contributed by atoms with Crippen molar-refractivity contribution in [1.82, 2.24) is 0 Å². The largest absolute Gasteiger partial charge is 0.348 e. The van der Waals surface area contributed by atoms with Crippen molar-refractivity contribution in [2.24, 2.45) is 23.7 Å². The normalized spacial score (nSPS) is 44.9. The van der Waals surface area contributed by atoms with Crippen LogP contribution >= 0.6 is 0 Å². The van der Waals surface area contributed by atoms with Crippen LogP contribution in [0.2, 0.25) is 0 Å². The van der Waals surface area contributed by atoms with E-state index in [2.05, 4.69) is 0 Å². The number of carbonyl (C=O) groups excluding carboxylic acids is 1. The number of Topliss-reactive ketones (excluding diaryl/α,β-unsaturated/α-hetero) is 1. The van der Waals surface area contributed by atoms with Crippen LogP contribution in [-0.2, 0) is 14.3 Å². The Morgan fingerprint density at radius 3 is 2.53 bits per heavy atom. The lowest BCUT2D eigenvalue weighted by Gasteiger charge is -2.50. The maximum absolute atomic E-state index is 11.6. The van der Waals surface area contributed by atoms with Crippen LogP contribution in [0.4, 0.5) is 0 Å². The highest BCUT2D eigenvalue weighted by Gasteiger charge is 2.50. The van der Waals surface area contributed by atoms with Gasteiger partial charge in [0.2, 0.25) is 0 Å². The van der Waals surface area contributed by atoms with Crippen LogP contribution in [0.1, 0.15) is 51.4 Å². The Morgan fingerprint density at radius 1 is 0.947 bits per heavy atom. The van der Waals surface area contributed by atoms with Gasteiger partial charge in [-0.2, -0.15) is 0 Å². The topological polar surface area (TPSA) is 35.5 Å². The molecule has 0 aromatic rings. The summed E-state index contributed by atoms with van der Waals surface area (Å²) in [6.07, 6.45) is 8.83. The van der Waals surface area contributed by atoms with Gasteiger partial charge in [0.05, 0.1) is 13.2 Å². The van der Waals surface area contributed by atoms with Crippen molar-refractivity contribution >= 4 is 5.78 Å². The SMILES string of the molecule is O=C1CCC2C(CCC3CC4(CCC32)OCCO4)C1. The molecule has 1 spiro atoms. The van der Waals surface area contributed by atoms with E-state index in [0.29, 0.717) is 11.7 Å². The zero-order chi connectivity index (χ0) is 12.9. The summed E-state index contributed by atoms with van der Waals surface area (Å²) in [5.74, 6) is 3.41. The van der Waals surface area contributed by atoms with Crippen LogP contribution in [0.5, 0.6) is 0 Å². The molecule has 0 radical (unpaired) electrons. The highest BCUT2D eigenvalue weighted by atomic mass is 16.7. The molecule has 3 aliphatic carbocycles. The number of hydrogen-bond donors (Lipinski definition) is 0. The van der Waals surface area contributed by atoms with E-state index in [1.807, 2.05) is 0 Å². The third-order valence-corrected chi connectivity index (χ3v) is 6.16. The van der Waals surface area contributed by atoms with E-state index in [1.165, 1.54) is 19.3 Å². The molecule has 4 aliphatic rings. The zero-order valence-electron chi connectivity index (χ0n) is 11.6. The van der Waals surface area contributed by atoms with E-state index in [-0.39, 0.29) is 5.79 Å². The molecule has 0 amide bonds. The summed E-state index contributed by atoms with van der Waals surface area (Å²) in [5, 5.41) is 0. The molecule has 1 aliphatic heterocycles. The Labute approximate surface area is 115 Å². The highest BCUT2D eigenvalue weighted by molar-refractivity contribution is 5.79. The van der Waals surface area contributed by atoms with E-state index in [4.69, 9.17) is 9.47 Å². The number of ether oxygens (including phenoxy) is 2. The number of rotatable bonds is 0. The smallest absolute Gasteiger partial charge is 0.168 e. The molecule has 0 aromatic carbocycles. The molecule has 4 fully saturated rings. The maximum Gasteiger partial charge on any atom is 0.168 e. The fourth-order valence-corrected chi connectivity index (χ4v) is 5.33. The molecule has 1 saturated heterocycles. The summed E-state index contributed by atoms with van der Waals surface area (Å²) < 4.78 is 11.8. The van der Waals surface area contributed by atoms with Crippen molar-refractivity contribution in [2.75, 3.05) is 13.2 Å². The third-order valence-electron chi connectivity index (χ3n) is 6.16. The van der Waals surface area contributed by atoms with Crippen molar-refractivity contribution in [3.05, 3.63) is 0 Å². The van der Waals surface area contributed by atoms with Gasteiger partial charge in [0.15, 0.2) is 5.79 Å². The molecule has 4 rings (SSSR count). The van der Waals surface area contributed by atoms with Crippen LogP contribution in [0.25, 0.3) is 0 Å². The van der Waals surface area contributed by atoms with Crippen LogP contribution in [-0.4, -0.2) is 24.8 Å². The van der Waals surface area contributed by atoms with Gasteiger partial charge in [-0.25, -0.2) is 0 Å². The Hall–Kier alpha value is -0.410. The summed E-state index contributed by atoms with van der Waals surface area (Å²) in [7, 11) is 0. The number of hydrogen-bond acceptors (Lipinski definition) is 3. The summed E-state index contributed by atoms with van der Waals surface area (Å²) in [6.45, 7) is 1.55. The van der Waals surface area contributed by atoms with E-state index in [0.717, 1.165) is 63.1 Å². The molecule has 4 unspecified atom stereocenters. The molecular formula is C16H24O3. The van der Waals surface area contributed by atoms with Crippen molar-refractivity contribution in [1.29, 1.82) is 0 Å². The first-order chi connectivity index (χ1) is 9.26. The Kier molecular flexibility index (Phi) is 2.96. The van der Waals surface area contributed by atoms with Gasteiger partial charge >= 0.3 is 0 Å². The van der Waals surface area contributed by atoms with Gasteiger partial charge in [0.25, 0.3) is 0 Å². The number of ketones is 1. The molecular weight excluding hydrogens is 240 g/mol. The van der Waals surface area contributed by atoms with Gasteiger partial charge in [-0.05, 0) is 49.4 Å². The van der Waals surface area contributed by atoms with Crippen molar-refractivity contribution in [3.8, 4) is 0 Å². The lowest BCUT2D eigenvalue weighted by Crippen LogP contribution is -2.47.